The highest BCUT2D eigenvalue weighted by molar-refractivity contribution is 5.95. The van der Waals surface area contributed by atoms with E-state index in [-0.39, 0.29) is 17.0 Å². The maximum atomic E-state index is 13.8. The van der Waals surface area contributed by atoms with Crippen LogP contribution in [0, 0.1) is 18.7 Å². The number of likely N-dealkylation sites (tertiary alicyclic amines) is 1. The van der Waals surface area contributed by atoms with E-state index in [9.17, 15) is 9.18 Å². The summed E-state index contributed by atoms with van der Waals surface area (Å²) in [4.78, 5) is 13.7. The lowest BCUT2D eigenvalue weighted by molar-refractivity contribution is 0.0271. The van der Waals surface area contributed by atoms with Gasteiger partial charge in [-0.3, -0.25) is 4.79 Å². The molecule has 2 N–H and O–H groups in total. The molecule has 3 nitrogen and oxygen atoms in total. The summed E-state index contributed by atoms with van der Waals surface area (Å²) in [6, 6.07) is 4.88. The summed E-state index contributed by atoms with van der Waals surface area (Å²) in [6.45, 7) is 6.72. The second kappa shape index (κ2) is 4.35. The third-order valence-electron chi connectivity index (χ3n) is 3.83. The van der Waals surface area contributed by atoms with Crippen molar-refractivity contribution < 1.29 is 9.18 Å². The van der Waals surface area contributed by atoms with Crippen molar-refractivity contribution in [1.82, 2.24) is 4.90 Å². The molecule has 0 saturated carbocycles. The molecular formula is C14H19FN2O. The van der Waals surface area contributed by atoms with Crippen LogP contribution in [0.5, 0.6) is 0 Å². The fourth-order valence-corrected chi connectivity index (χ4v) is 2.16. The first-order valence-corrected chi connectivity index (χ1v) is 6.18. The van der Waals surface area contributed by atoms with Gasteiger partial charge in [0.15, 0.2) is 0 Å². The first-order chi connectivity index (χ1) is 8.35. The molecule has 1 aliphatic rings. The van der Waals surface area contributed by atoms with Crippen molar-refractivity contribution in [2.75, 3.05) is 13.1 Å². The molecule has 1 aliphatic heterocycles. The average molecular weight is 250 g/mol. The van der Waals surface area contributed by atoms with Gasteiger partial charge in [-0.2, -0.15) is 0 Å². The Morgan fingerprint density at radius 1 is 1.44 bits per heavy atom. The number of rotatable bonds is 2. The van der Waals surface area contributed by atoms with E-state index in [1.54, 1.807) is 24.0 Å². The third kappa shape index (κ3) is 2.01. The van der Waals surface area contributed by atoms with Crippen molar-refractivity contribution in [3.05, 3.63) is 35.1 Å². The Bertz CT molecular complexity index is 479. The van der Waals surface area contributed by atoms with Gasteiger partial charge in [-0.05, 0) is 24.5 Å². The Morgan fingerprint density at radius 3 is 2.61 bits per heavy atom. The number of nitrogens with zero attached hydrogens (tertiary/aromatic N) is 1. The molecule has 2 rings (SSSR count). The molecule has 98 valence electrons. The van der Waals surface area contributed by atoms with Gasteiger partial charge in [-0.15, -0.1) is 0 Å². The number of halogens is 1. The maximum Gasteiger partial charge on any atom is 0.256 e. The van der Waals surface area contributed by atoms with E-state index in [1.807, 2.05) is 13.8 Å². The fraction of sp³-hybridized carbons (Fsp3) is 0.500. The predicted octanol–water partition coefficient (Wildman–Crippen LogP) is 1.94. The van der Waals surface area contributed by atoms with Gasteiger partial charge < -0.3 is 10.6 Å². The van der Waals surface area contributed by atoms with Crippen LogP contribution in [0.1, 0.15) is 29.8 Å². The van der Waals surface area contributed by atoms with E-state index in [0.717, 1.165) is 0 Å². The number of carbonyl (C=O) groups excluding carboxylic acids is 1. The van der Waals surface area contributed by atoms with Gasteiger partial charge in [0.25, 0.3) is 5.91 Å². The molecule has 1 aromatic rings. The minimum absolute atomic E-state index is 0.140. The van der Waals surface area contributed by atoms with E-state index in [0.29, 0.717) is 24.6 Å². The molecule has 1 amide bonds. The molecule has 0 bridgehead atoms. The summed E-state index contributed by atoms with van der Waals surface area (Å²) in [5, 5.41) is 0. The summed E-state index contributed by atoms with van der Waals surface area (Å²) < 4.78 is 13.8. The topological polar surface area (TPSA) is 46.3 Å². The first kappa shape index (κ1) is 13.0. The standard InChI is InChI=1S/C14H19FN2O/c1-9(2)14(16)7-17(8-14)13(18)11-6-4-5-10(3)12(11)15/h4-6,9H,7-8,16H2,1-3H3. The Hall–Kier alpha value is -1.42. The van der Waals surface area contributed by atoms with E-state index in [4.69, 9.17) is 5.73 Å². The van der Waals surface area contributed by atoms with Crippen LogP contribution in [0.2, 0.25) is 0 Å². The lowest BCUT2D eigenvalue weighted by Gasteiger charge is -2.50. The Kier molecular flexibility index (Phi) is 3.15. The average Bonchev–Trinajstić information content (AvgIpc) is 2.27. The SMILES string of the molecule is Cc1cccc(C(=O)N2CC(N)(C(C)C)C2)c1F. The summed E-state index contributed by atoms with van der Waals surface area (Å²) in [6.07, 6.45) is 0. The van der Waals surface area contributed by atoms with Crippen LogP contribution in [-0.2, 0) is 0 Å². The van der Waals surface area contributed by atoms with E-state index in [2.05, 4.69) is 0 Å². The van der Waals surface area contributed by atoms with E-state index >= 15 is 0 Å². The van der Waals surface area contributed by atoms with Crippen LogP contribution in [0.25, 0.3) is 0 Å². The number of amides is 1. The second-order valence-electron chi connectivity index (χ2n) is 5.49. The molecule has 0 aromatic heterocycles. The molecule has 0 radical (unpaired) electrons. The zero-order valence-electron chi connectivity index (χ0n) is 11.0. The van der Waals surface area contributed by atoms with Crippen molar-refractivity contribution in [2.45, 2.75) is 26.3 Å². The minimum atomic E-state index is -0.429. The van der Waals surface area contributed by atoms with Crippen molar-refractivity contribution in [1.29, 1.82) is 0 Å². The van der Waals surface area contributed by atoms with Gasteiger partial charge >= 0.3 is 0 Å². The second-order valence-corrected chi connectivity index (χ2v) is 5.49. The lowest BCUT2D eigenvalue weighted by atomic mass is 9.80. The highest BCUT2D eigenvalue weighted by Gasteiger charge is 2.44. The summed E-state index contributed by atoms with van der Waals surface area (Å²) >= 11 is 0. The van der Waals surface area contributed by atoms with Crippen LogP contribution in [-0.4, -0.2) is 29.4 Å². The molecule has 0 unspecified atom stereocenters. The Morgan fingerprint density at radius 2 is 2.06 bits per heavy atom. The monoisotopic (exact) mass is 250 g/mol. The van der Waals surface area contributed by atoms with Crippen LogP contribution in [0.3, 0.4) is 0 Å². The Balaban J connectivity index is 2.13. The molecule has 1 saturated heterocycles. The number of carbonyl (C=O) groups is 1. The van der Waals surface area contributed by atoms with E-state index in [1.165, 1.54) is 6.07 Å². The molecule has 18 heavy (non-hydrogen) atoms. The van der Waals surface area contributed by atoms with E-state index < -0.39 is 5.82 Å². The quantitative estimate of drug-likeness (QED) is 0.872. The predicted molar refractivity (Wildman–Crippen MR) is 68.8 cm³/mol. The maximum absolute atomic E-state index is 13.8. The van der Waals surface area contributed by atoms with Gasteiger partial charge in [0.05, 0.1) is 11.1 Å². The number of benzene rings is 1. The number of hydrogen-bond donors (Lipinski definition) is 1. The fourth-order valence-electron chi connectivity index (χ4n) is 2.16. The van der Waals surface area contributed by atoms with Gasteiger partial charge in [-0.25, -0.2) is 4.39 Å². The molecule has 0 atom stereocenters. The zero-order valence-corrected chi connectivity index (χ0v) is 11.0. The van der Waals surface area contributed by atoms with Gasteiger partial charge in [0, 0.05) is 13.1 Å². The lowest BCUT2D eigenvalue weighted by Crippen LogP contribution is -2.71. The first-order valence-electron chi connectivity index (χ1n) is 6.18. The van der Waals surface area contributed by atoms with Crippen LogP contribution >= 0.6 is 0 Å². The molecule has 1 aromatic carbocycles. The molecule has 4 heteroatoms. The number of nitrogens with two attached hydrogens (primary N) is 1. The summed E-state index contributed by atoms with van der Waals surface area (Å²) in [5.74, 6) is -0.386. The molecule has 0 aliphatic carbocycles. The summed E-state index contributed by atoms with van der Waals surface area (Å²) in [7, 11) is 0. The van der Waals surface area contributed by atoms with Crippen molar-refractivity contribution >= 4 is 5.91 Å². The Labute approximate surface area is 107 Å². The van der Waals surface area contributed by atoms with Crippen molar-refractivity contribution in [2.24, 2.45) is 11.7 Å². The van der Waals surface area contributed by atoms with Crippen LogP contribution < -0.4 is 5.73 Å². The van der Waals surface area contributed by atoms with Crippen LogP contribution in [0.15, 0.2) is 18.2 Å². The molecular weight excluding hydrogens is 231 g/mol. The molecule has 0 spiro atoms. The minimum Gasteiger partial charge on any atom is -0.335 e. The zero-order chi connectivity index (χ0) is 13.5. The molecule has 1 fully saturated rings. The largest absolute Gasteiger partial charge is 0.335 e. The van der Waals surface area contributed by atoms with Crippen molar-refractivity contribution in [3.63, 3.8) is 0 Å². The highest BCUT2D eigenvalue weighted by atomic mass is 19.1. The highest BCUT2D eigenvalue weighted by Crippen LogP contribution is 2.28. The van der Waals surface area contributed by atoms with Gasteiger partial charge in [0.2, 0.25) is 0 Å². The molecule has 1 heterocycles. The number of hydrogen-bond acceptors (Lipinski definition) is 2. The number of aryl methyl sites for hydroxylation is 1. The van der Waals surface area contributed by atoms with Gasteiger partial charge in [0.1, 0.15) is 5.82 Å². The van der Waals surface area contributed by atoms with Crippen molar-refractivity contribution in [3.8, 4) is 0 Å². The van der Waals surface area contributed by atoms with Crippen LogP contribution in [0.4, 0.5) is 4.39 Å². The smallest absolute Gasteiger partial charge is 0.256 e. The normalized spacial score (nSPS) is 17.8. The summed E-state index contributed by atoms with van der Waals surface area (Å²) in [5.41, 5.74) is 6.44. The third-order valence-corrected chi connectivity index (χ3v) is 3.83. The van der Waals surface area contributed by atoms with Gasteiger partial charge in [-0.1, -0.05) is 26.0 Å².